The molecule has 2 aromatic rings. The number of nitrogens with one attached hydrogen (secondary N) is 1. The first-order valence-electron chi connectivity index (χ1n) is 8.25. The minimum absolute atomic E-state index is 0.0505. The fourth-order valence-electron chi connectivity index (χ4n) is 2.91. The van der Waals surface area contributed by atoms with Gasteiger partial charge in [0.25, 0.3) is 0 Å². The maximum absolute atomic E-state index is 11.4. The largest absolute Gasteiger partial charge is 0.493 e. The lowest BCUT2D eigenvalue weighted by Gasteiger charge is -2.26. The molecule has 1 atom stereocenters. The minimum Gasteiger partial charge on any atom is -0.493 e. The number of aliphatic imine (C=N–C) groups is 1. The highest BCUT2D eigenvalue weighted by Gasteiger charge is 2.21. The van der Waals surface area contributed by atoms with Crippen LogP contribution in [0, 0.1) is 6.92 Å². The van der Waals surface area contributed by atoms with Crippen molar-refractivity contribution in [2.24, 2.45) is 15.9 Å². The van der Waals surface area contributed by atoms with E-state index in [1.165, 1.54) is 6.07 Å². The third kappa shape index (κ3) is 4.14. The van der Waals surface area contributed by atoms with Crippen LogP contribution in [0.1, 0.15) is 29.2 Å². The van der Waals surface area contributed by atoms with Crippen molar-refractivity contribution in [2.75, 3.05) is 6.61 Å². The third-order valence-corrected chi connectivity index (χ3v) is 5.25. The summed E-state index contributed by atoms with van der Waals surface area (Å²) in [5.74, 6) is 1.19. The fourth-order valence-corrected chi connectivity index (χ4v) is 3.51. The maximum atomic E-state index is 11.4. The van der Waals surface area contributed by atoms with Crippen molar-refractivity contribution in [2.45, 2.75) is 30.8 Å². The van der Waals surface area contributed by atoms with Gasteiger partial charge in [-0.15, -0.1) is 0 Å². The monoisotopic (exact) mass is 374 g/mol. The molecule has 8 heteroatoms. The van der Waals surface area contributed by atoms with Crippen LogP contribution in [0.4, 0.5) is 0 Å². The highest BCUT2D eigenvalue weighted by molar-refractivity contribution is 7.89. The molecule has 0 saturated carbocycles. The molecular weight excluding hydrogens is 352 g/mol. The number of hydrogen-bond donors (Lipinski definition) is 3. The van der Waals surface area contributed by atoms with E-state index >= 15 is 0 Å². The van der Waals surface area contributed by atoms with Gasteiger partial charge in [-0.05, 0) is 36.2 Å². The van der Waals surface area contributed by atoms with Gasteiger partial charge in [0.15, 0.2) is 5.96 Å². The highest BCUT2D eigenvalue weighted by atomic mass is 32.2. The Balaban J connectivity index is 1.70. The van der Waals surface area contributed by atoms with Crippen molar-refractivity contribution in [3.63, 3.8) is 0 Å². The average Bonchev–Trinajstić information content (AvgIpc) is 2.60. The van der Waals surface area contributed by atoms with E-state index < -0.39 is 10.0 Å². The summed E-state index contributed by atoms with van der Waals surface area (Å²) in [6, 6.07) is 12.6. The van der Waals surface area contributed by atoms with Crippen molar-refractivity contribution in [1.82, 2.24) is 5.32 Å². The van der Waals surface area contributed by atoms with Gasteiger partial charge in [0.05, 0.1) is 24.1 Å². The predicted octanol–water partition coefficient (Wildman–Crippen LogP) is 1.57. The first-order valence-corrected chi connectivity index (χ1v) is 9.80. The normalized spacial score (nSPS) is 17.3. The number of nitrogens with two attached hydrogens (primary N) is 2. The number of guanidine groups is 1. The van der Waals surface area contributed by atoms with Gasteiger partial charge in [0.2, 0.25) is 10.0 Å². The second-order valence-electron chi connectivity index (χ2n) is 6.21. The van der Waals surface area contributed by atoms with E-state index in [1.54, 1.807) is 12.1 Å². The van der Waals surface area contributed by atoms with Crippen LogP contribution in [0.25, 0.3) is 0 Å². The first-order chi connectivity index (χ1) is 12.3. The van der Waals surface area contributed by atoms with Gasteiger partial charge in [-0.1, -0.05) is 24.3 Å². The highest BCUT2D eigenvalue weighted by Crippen LogP contribution is 2.31. The SMILES string of the molecule is Cc1cc(S(N)(=O)=O)ccc1CN=C(N)NC1CCOc2ccccc21. The Labute approximate surface area is 153 Å². The van der Waals surface area contributed by atoms with Crippen LogP contribution in [0.15, 0.2) is 52.4 Å². The summed E-state index contributed by atoms with van der Waals surface area (Å²) >= 11 is 0. The molecular formula is C18H22N4O3S. The van der Waals surface area contributed by atoms with Gasteiger partial charge in [0.1, 0.15) is 5.75 Å². The Morgan fingerprint density at radius 3 is 2.81 bits per heavy atom. The van der Waals surface area contributed by atoms with Gasteiger partial charge in [-0.3, -0.25) is 0 Å². The molecule has 0 spiro atoms. The molecule has 0 bridgehead atoms. The Morgan fingerprint density at radius 2 is 2.08 bits per heavy atom. The lowest BCUT2D eigenvalue weighted by atomic mass is 10.0. The van der Waals surface area contributed by atoms with E-state index in [4.69, 9.17) is 15.6 Å². The molecule has 0 amide bonds. The van der Waals surface area contributed by atoms with Crippen molar-refractivity contribution in [3.05, 3.63) is 59.2 Å². The molecule has 0 aromatic heterocycles. The van der Waals surface area contributed by atoms with E-state index in [9.17, 15) is 8.42 Å². The molecule has 5 N–H and O–H groups in total. The number of primary sulfonamides is 1. The van der Waals surface area contributed by atoms with Gasteiger partial charge in [0, 0.05) is 12.0 Å². The molecule has 26 heavy (non-hydrogen) atoms. The molecule has 1 unspecified atom stereocenters. The Morgan fingerprint density at radius 1 is 1.31 bits per heavy atom. The van der Waals surface area contributed by atoms with Crippen LogP contribution in [-0.4, -0.2) is 21.0 Å². The lowest BCUT2D eigenvalue weighted by molar-refractivity contribution is 0.262. The van der Waals surface area contributed by atoms with Crippen molar-refractivity contribution in [3.8, 4) is 5.75 Å². The van der Waals surface area contributed by atoms with Crippen molar-refractivity contribution in [1.29, 1.82) is 0 Å². The summed E-state index contributed by atoms with van der Waals surface area (Å²) in [7, 11) is -3.71. The number of benzene rings is 2. The van der Waals surface area contributed by atoms with Crippen LogP contribution < -0.4 is 20.9 Å². The molecule has 138 valence electrons. The number of sulfonamides is 1. The average molecular weight is 374 g/mol. The number of aryl methyl sites for hydroxylation is 1. The minimum atomic E-state index is -3.71. The standard InChI is InChI=1S/C18H22N4O3S/c1-12-10-14(26(20,23)24)7-6-13(12)11-21-18(19)22-16-8-9-25-17-5-3-2-4-15(16)17/h2-7,10,16H,8-9,11H2,1H3,(H3,19,21,22)(H2,20,23,24). The zero-order chi connectivity index (χ0) is 18.7. The van der Waals surface area contributed by atoms with Crippen molar-refractivity contribution < 1.29 is 13.2 Å². The zero-order valence-electron chi connectivity index (χ0n) is 14.5. The smallest absolute Gasteiger partial charge is 0.238 e. The number of para-hydroxylation sites is 1. The summed E-state index contributed by atoms with van der Waals surface area (Å²) < 4.78 is 28.4. The number of rotatable bonds is 4. The zero-order valence-corrected chi connectivity index (χ0v) is 15.3. The predicted molar refractivity (Wildman–Crippen MR) is 100 cm³/mol. The van der Waals surface area contributed by atoms with Gasteiger partial charge in [-0.2, -0.15) is 0 Å². The Bertz CT molecular complexity index is 941. The van der Waals surface area contributed by atoms with E-state index in [2.05, 4.69) is 10.3 Å². The summed E-state index contributed by atoms with van der Waals surface area (Å²) in [4.78, 5) is 4.47. The third-order valence-electron chi connectivity index (χ3n) is 4.34. The topological polar surface area (TPSA) is 120 Å². The van der Waals surface area contributed by atoms with E-state index in [1.807, 2.05) is 31.2 Å². The molecule has 1 aliphatic rings. The number of fused-ring (bicyclic) bond motifs is 1. The molecule has 1 heterocycles. The molecule has 0 radical (unpaired) electrons. The maximum Gasteiger partial charge on any atom is 0.238 e. The molecule has 3 rings (SSSR count). The summed E-state index contributed by atoms with van der Waals surface area (Å²) in [5.41, 5.74) is 8.78. The second-order valence-corrected chi connectivity index (χ2v) is 7.77. The summed E-state index contributed by atoms with van der Waals surface area (Å²) in [6.07, 6.45) is 0.801. The number of ether oxygens (including phenoxy) is 1. The van der Waals surface area contributed by atoms with Crippen LogP contribution in [-0.2, 0) is 16.6 Å². The van der Waals surface area contributed by atoms with Gasteiger partial charge < -0.3 is 15.8 Å². The van der Waals surface area contributed by atoms with Crippen molar-refractivity contribution >= 4 is 16.0 Å². The van der Waals surface area contributed by atoms with E-state index in [0.29, 0.717) is 19.1 Å². The first kappa shape index (κ1) is 18.2. The second kappa shape index (κ2) is 7.35. The summed E-state index contributed by atoms with van der Waals surface area (Å²) in [5, 5.41) is 8.38. The van der Waals surface area contributed by atoms with E-state index in [0.717, 1.165) is 28.9 Å². The Kier molecular flexibility index (Phi) is 5.15. The molecule has 0 aliphatic carbocycles. The van der Waals surface area contributed by atoms with Crippen LogP contribution >= 0.6 is 0 Å². The van der Waals surface area contributed by atoms with Gasteiger partial charge in [-0.25, -0.2) is 18.5 Å². The number of hydrogen-bond acceptors (Lipinski definition) is 4. The summed E-state index contributed by atoms with van der Waals surface area (Å²) in [6.45, 7) is 2.79. The fraction of sp³-hybridized carbons (Fsp3) is 0.278. The molecule has 7 nitrogen and oxygen atoms in total. The van der Waals surface area contributed by atoms with E-state index in [-0.39, 0.29) is 10.9 Å². The van der Waals surface area contributed by atoms with Crippen LogP contribution in [0.2, 0.25) is 0 Å². The van der Waals surface area contributed by atoms with Gasteiger partial charge >= 0.3 is 0 Å². The molecule has 2 aromatic carbocycles. The molecule has 1 aliphatic heterocycles. The quantitative estimate of drug-likeness (QED) is 0.554. The van der Waals surface area contributed by atoms with Crippen LogP contribution in [0.3, 0.4) is 0 Å². The molecule has 0 fully saturated rings. The number of nitrogens with zero attached hydrogens (tertiary/aromatic N) is 1. The lowest BCUT2D eigenvalue weighted by Crippen LogP contribution is -2.37. The molecule has 0 saturated heterocycles. The Hall–Kier alpha value is -2.58. The van der Waals surface area contributed by atoms with Crippen LogP contribution in [0.5, 0.6) is 5.75 Å².